The molecule has 2 aromatic rings. The minimum Gasteiger partial charge on any atom is -0.332 e. The van der Waals surface area contributed by atoms with Gasteiger partial charge in [0.25, 0.3) is 0 Å². The van der Waals surface area contributed by atoms with E-state index in [-0.39, 0.29) is 0 Å². The zero-order valence-electron chi connectivity index (χ0n) is 12.4. The van der Waals surface area contributed by atoms with Crippen molar-refractivity contribution in [1.29, 1.82) is 0 Å². The molecule has 8 heteroatoms. The summed E-state index contributed by atoms with van der Waals surface area (Å²) in [6.45, 7) is 1.34. The van der Waals surface area contributed by atoms with Gasteiger partial charge < -0.3 is 10.6 Å². The zero-order chi connectivity index (χ0) is 17.1. The number of nitrogens with zero attached hydrogens (tertiary/aromatic N) is 2. The molecule has 1 heterocycles. The molecule has 24 heavy (non-hydrogen) atoms. The van der Waals surface area contributed by atoms with Crippen LogP contribution in [0.4, 0.5) is 11.4 Å². The molecule has 0 aromatic heterocycles. The number of hydrogen-bond acceptors (Lipinski definition) is 3. The molecule has 0 amide bonds. The van der Waals surface area contributed by atoms with Gasteiger partial charge in [0.1, 0.15) is 0 Å². The maximum Gasteiger partial charge on any atom is 0.204 e. The van der Waals surface area contributed by atoms with Gasteiger partial charge in [-0.1, -0.05) is 40.9 Å². The van der Waals surface area contributed by atoms with Gasteiger partial charge in [0.05, 0.1) is 16.6 Å². The molecule has 1 aliphatic heterocycles. The number of aliphatic imine (C=N–C) groups is 1. The number of thiocarbonyl (C=S) groups is 1. The molecule has 0 atom stereocenters. The predicted molar refractivity (Wildman–Crippen MR) is 107 cm³/mol. The van der Waals surface area contributed by atoms with Gasteiger partial charge in [0, 0.05) is 22.9 Å². The van der Waals surface area contributed by atoms with E-state index in [0.29, 0.717) is 39.2 Å². The average Bonchev–Trinajstić information content (AvgIpc) is 2.99. The Kier molecular flexibility index (Phi) is 5.46. The molecule has 2 aromatic carbocycles. The van der Waals surface area contributed by atoms with Crippen LogP contribution in [0.15, 0.2) is 47.5 Å². The smallest absolute Gasteiger partial charge is 0.204 e. The van der Waals surface area contributed by atoms with Crippen LogP contribution in [0.2, 0.25) is 15.1 Å². The lowest BCUT2D eigenvalue weighted by atomic mass is 10.3. The molecule has 124 valence electrons. The van der Waals surface area contributed by atoms with Crippen molar-refractivity contribution in [2.45, 2.75) is 0 Å². The van der Waals surface area contributed by atoms with Gasteiger partial charge in [-0.15, -0.1) is 0 Å². The minimum absolute atomic E-state index is 0.478. The molecule has 4 nitrogen and oxygen atoms in total. The number of rotatable bonds is 2. The Balaban J connectivity index is 1.70. The van der Waals surface area contributed by atoms with Crippen molar-refractivity contribution in [1.82, 2.24) is 4.90 Å². The molecule has 0 fully saturated rings. The first-order valence-corrected chi connectivity index (χ1v) is 8.68. The van der Waals surface area contributed by atoms with Crippen molar-refractivity contribution in [3.8, 4) is 0 Å². The Bertz CT molecular complexity index is 810. The third-order valence-electron chi connectivity index (χ3n) is 3.34. The van der Waals surface area contributed by atoms with E-state index < -0.39 is 0 Å². The lowest BCUT2D eigenvalue weighted by Crippen LogP contribution is -2.40. The summed E-state index contributed by atoms with van der Waals surface area (Å²) in [6.07, 6.45) is 0. The molecule has 0 unspecified atom stereocenters. The van der Waals surface area contributed by atoms with Crippen molar-refractivity contribution in [3.63, 3.8) is 0 Å². The third-order valence-corrected chi connectivity index (χ3v) is 4.63. The van der Waals surface area contributed by atoms with Gasteiger partial charge in [-0.25, -0.2) is 0 Å². The van der Waals surface area contributed by atoms with Crippen LogP contribution >= 0.6 is 47.0 Å². The summed E-state index contributed by atoms with van der Waals surface area (Å²) in [5.74, 6) is 0.660. The van der Waals surface area contributed by atoms with Crippen molar-refractivity contribution in [3.05, 3.63) is 57.5 Å². The van der Waals surface area contributed by atoms with E-state index in [4.69, 9.17) is 47.0 Å². The molecule has 0 radical (unpaired) electrons. The fraction of sp³-hybridized carbons (Fsp3) is 0.125. The maximum absolute atomic E-state index is 6.04. The van der Waals surface area contributed by atoms with E-state index in [1.54, 1.807) is 12.1 Å². The summed E-state index contributed by atoms with van der Waals surface area (Å²) in [6, 6.07) is 12.7. The number of guanidine groups is 1. The second-order valence-electron chi connectivity index (χ2n) is 5.05. The molecular formula is C16H13Cl3N4S. The van der Waals surface area contributed by atoms with E-state index in [2.05, 4.69) is 15.6 Å². The van der Waals surface area contributed by atoms with E-state index in [0.717, 1.165) is 11.4 Å². The Labute approximate surface area is 160 Å². The van der Waals surface area contributed by atoms with Crippen molar-refractivity contribution < 1.29 is 0 Å². The second kappa shape index (κ2) is 7.57. The molecule has 0 spiro atoms. The van der Waals surface area contributed by atoms with Gasteiger partial charge in [0.2, 0.25) is 5.96 Å². The van der Waals surface area contributed by atoms with Crippen LogP contribution in [0.25, 0.3) is 0 Å². The first kappa shape index (κ1) is 17.3. The fourth-order valence-corrected chi connectivity index (χ4v) is 3.00. The molecule has 0 saturated heterocycles. The molecule has 2 N–H and O–H groups in total. The lowest BCUT2D eigenvalue weighted by molar-refractivity contribution is 0.674. The minimum atomic E-state index is 0.478. The summed E-state index contributed by atoms with van der Waals surface area (Å²) in [7, 11) is 0. The van der Waals surface area contributed by atoms with Crippen molar-refractivity contribution in [2.75, 3.05) is 23.7 Å². The van der Waals surface area contributed by atoms with Gasteiger partial charge in [-0.2, -0.15) is 0 Å². The molecule has 0 bridgehead atoms. The van der Waals surface area contributed by atoms with Crippen LogP contribution in [0.1, 0.15) is 0 Å². The Morgan fingerprint density at radius 2 is 1.88 bits per heavy atom. The van der Waals surface area contributed by atoms with Crippen LogP contribution in [-0.2, 0) is 0 Å². The van der Waals surface area contributed by atoms with Crippen LogP contribution < -0.4 is 10.6 Å². The Morgan fingerprint density at radius 1 is 1.04 bits per heavy atom. The van der Waals surface area contributed by atoms with Crippen LogP contribution in [-0.4, -0.2) is 29.1 Å². The van der Waals surface area contributed by atoms with Crippen LogP contribution in [0.5, 0.6) is 0 Å². The topological polar surface area (TPSA) is 39.7 Å². The lowest BCUT2D eigenvalue weighted by Gasteiger charge is -2.22. The highest BCUT2D eigenvalue weighted by Crippen LogP contribution is 2.25. The van der Waals surface area contributed by atoms with Gasteiger partial charge in [-0.3, -0.25) is 9.89 Å². The molecular weight excluding hydrogens is 387 g/mol. The Hall–Kier alpha value is -1.53. The van der Waals surface area contributed by atoms with Crippen LogP contribution in [0.3, 0.4) is 0 Å². The standard InChI is InChI=1S/C16H13Cl3N4S/c17-10-2-1-3-11(8-10)22-16(24)23-7-6-20-15(23)21-12-4-5-13(18)14(19)9-12/h1-5,8-9H,6-7H2,(H,20,21)(H,22,24). The number of anilines is 2. The summed E-state index contributed by atoms with van der Waals surface area (Å²) in [5, 5.41) is 8.55. The number of nitrogens with one attached hydrogen (secondary N) is 2. The van der Waals surface area contributed by atoms with Gasteiger partial charge >= 0.3 is 0 Å². The predicted octanol–water partition coefficient (Wildman–Crippen LogP) is 5.13. The zero-order valence-corrected chi connectivity index (χ0v) is 15.5. The highest BCUT2D eigenvalue weighted by atomic mass is 35.5. The summed E-state index contributed by atoms with van der Waals surface area (Å²) < 4.78 is 0. The number of hydrogen-bond donors (Lipinski definition) is 2. The SMILES string of the molecule is S=C(Nc1cccc(Cl)c1)N1CCN=C1Nc1ccc(Cl)c(Cl)c1. The summed E-state index contributed by atoms with van der Waals surface area (Å²) in [5.41, 5.74) is 1.62. The monoisotopic (exact) mass is 398 g/mol. The van der Waals surface area contributed by atoms with E-state index in [1.165, 1.54) is 0 Å². The normalized spacial score (nSPS) is 13.6. The van der Waals surface area contributed by atoms with Crippen molar-refractivity contribution >= 4 is 69.5 Å². The van der Waals surface area contributed by atoms with E-state index in [1.807, 2.05) is 35.2 Å². The molecule has 1 aliphatic rings. The molecule has 0 aliphatic carbocycles. The fourth-order valence-electron chi connectivity index (χ4n) is 2.21. The highest BCUT2D eigenvalue weighted by Gasteiger charge is 2.21. The molecule has 3 rings (SSSR count). The van der Waals surface area contributed by atoms with E-state index in [9.17, 15) is 0 Å². The summed E-state index contributed by atoms with van der Waals surface area (Å²) in [4.78, 5) is 6.33. The first-order valence-electron chi connectivity index (χ1n) is 7.13. The third kappa shape index (κ3) is 4.11. The van der Waals surface area contributed by atoms with E-state index >= 15 is 0 Å². The quantitative estimate of drug-likeness (QED) is 0.687. The number of benzene rings is 2. The van der Waals surface area contributed by atoms with Gasteiger partial charge in [-0.05, 0) is 48.6 Å². The number of halogens is 3. The highest BCUT2D eigenvalue weighted by molar-refractivity contribution is 7.80. The average molecular weight is 400 g/mol. The second-order valence-corrected chi connectivity index (χ2v) is 6.69. The van der Waals surface area contributed by atoms with Crippen LogP contribution in [0, 0.1) is 0 Å². The summed E-state index contributed by atoms with van der Waals surface area (Å²) >= 11 is 23.5. The van der Waals surface area contributed by atoms with Crippen molar-refractivity contribution in [2.24, 2.45) is 4.99 Å². The first-order chi connectivity index (χ1) is 11.5. The Morgan fingerprint density at radius 3 is 2.62 bits per heavy atom. The molecule has 0 saturated carbocycles. The van der Waals surface area contributed by atoms with Gasteiger partial charge in [0.15, 0.2) is 5.11 Å². The largest absolute Gasteiger partial charge is 0.332 e. The maximum atomic E-state index is 6.04.